The van der Waals surface area contributed by atoms with Gasteiger partial charge in [-0.1, -0.05) is 0 Å². The number of nitrogen functional groups attached to an aromatic ring is 1. The lowest BCUT2D eigenvalue weighted by atomic mass is 9.88. The fourth-order valence-corrected chi connectivity index (χ4v) is 4.77. The Hall–Kier alpha value is -3.60. The molecule has 2 aromatic heterocycles. The molecule has 5 rings (SSSR count). The number of aliphatic hydroxyl groups is 2. The molecular formula is C19H24N8O8. The van der Waals surface area contributed by atoms with Crippen LogP contribution in [-0.2, 0) is 23.8 Å². The maximum Gasteiger partial charge on any atom is 0.407 e. The quantitative estimate of drug-likeness (QED) is 0.262. The number of carbonyl (C=O) groups is 3. The van der Waals surface area contributed by atoms with Gasteiger partial charge in [0.05, 0.1) is 6.33 Å². The molecule has 0 saturated carbocycles. The van der Waals surface area contributed by atoms with Crippen LogP contribution in [0.1, 0.15) is 19.6 Å². The lowest BCUT2D eigenvalue weighted by Gasteiger charge is -2.33. The van der Waals surface area contributed by atoms with Crippen LogP contribution in [0.25, 0.3) is 11.2 Å². The minimum atomic E-state index is -2.11. The van der Waals surface area contributed by atoms with Crippen molar-refractivity contribution >= 4 is 34.9 Å². The van der Waals surface area contributed by atoms with Gasteiger partial charge < -0.3 is 46.1 Å². The summed E-state index contributed by atoms with van der Waals surface area (Å²) in [5, 5.41) is 23.4. The summed E-state index contributed by atoms with van der Waals surface area (Å²) in [6.45, 7) is 1.32. The Morgan fingerprint density at radius 3 is 2.74 bits per heavy atom. The average Bonchev–Trinajstić information content (AvgIpc) is 3.50. The van der Waals surface area contributed by atoms with E-state index >= 15 is 0 Å². The number of aliphatic hydroxyl groups excluding tert-OH is 2. The number of anilines is 1. The van der Waals surface area contributed by atoms with Crippen LogP contribution in [0, 0.1) is 0 Å². The molecule has 3 amide bonds. The highest BCUT2D eigenvalue weighted by atomic mass is 16.6. The second-order valence-corrected chi connectivity index (χ2v) is 8.85. The van der Waals surface area contributed by atoms with Crippen molar-refractivity contribution in [1.82, 2.24) is 29.7 Å². The first-order valence-corrected chi connectivity index (χ1v) is 10.7. The van der Waals surface area contributed by atoms with Crippen LogP contribution in [0.4, 0.5) is 10.6 Å². The monoisotopic (exact) mass is 492 g/mol. The minimum Gasteiger partial charge on any atom is -0.442 e. The van der Waals surface area contributed by atoms with Gasteiger partial charge in [-0.2, -0.15) is 0 Å². The number of primary amides is 1. The van der Waals surface area contributed by atoms with Gasteiger partial charge in [-0.3, -0.25) is 14.2 Å². The standard InChI is InChI=1S/C19H24N8O8/c1-18-3-8(19(35-18,15(21)30)16(31)26(18)2)34-17(32)22-4-7-10(28)11(29)14(33-7)27-6-25-9-12(20)23-5-24-13(9)27/h5-8,10-11,14,28-29H,3-4H2,1-2H3,(H2,21,30)(H,22,32)(H2,20,23,24)/t7-,8+,10-,11-,14-,18+,19+/m1/s1. The summed E-state index contributed by atoms with van der Waals surface area (Å²) >= 11 is 0. The molecule has 3 saturated heterocycles. The van der Waals surface area contributed by atoms with Gasteiger partial charge >= 0.3 is 6.09 Å². The number of nitrogens with zero attached hydrogens (tertiary/aromatic N) is 5. The lowest BCUT2D eigenvalue weighted by molar-refractivity contribution is -0.156. The van der Waals surface area contributed by atoms with Crippen LogP contribution in [0.2, 0.25) is 0 Å². The first-order chi connectivity index (χ1) is 16.5. The molecule has 0 aromatic carbocycles. The van der Waals surface area contributed by atoms with Gasteiger partial charge in [0, 0.05) is 20.0 Å². The summed E-state index contributed by atoms with van der Waals surface area (Å²) in [4.78, 5) is 50.5. The topological polar surface area (TPSA) is 230 Å². The number of hydrogen-bond acceptors (Lipinski definition) is 12. The van der Waals surface area contributed by atoms with E-state index in [4.69, 9.17) is 25.7 Å². The van der Waals surface area contributed by atoms with E-state index in [2.05, 4.69) is 20.3 Å². The first-order valence-electron chi connectivity index (χ1n) is 10.7. The Labute approximate surface area is 197 Å². The number of amides is 3. The second kappa shape index (κ2) is 7.70. The Morgan fingerprint density at radius 1 is 1.31 bits per heavy atom. The highest BCUT2D eigenvalue weighted by Gasteiger charge is 2.73. The van der Waals surface area contributed by atoms with Crippen LogP contribution in [0.15, 0.2) is 12.7 Å². The van der Waals surface area contributed by atoms with Gasteiger partial charge in [-0.25, -0.2) is 19.7 Å². The van der Waals surface area contributed by atoms with Crippen LogP contribution in [0.3, 0.4) is 0 Å². The average molecular weight is 492 g/mol. The molecule has 0 unspecified atom stereocenters. The molecule has 188 valence electrons. The Bertz CT molecular complexity index is 1220. The number of carbonyl (C=O) groups excluding carboxylic acids is 3. The number of nitrogens with two attached hydrogens (primary N) is 2. The molecule has 5 heterocycles. The summed E-state index contributed by atoms with van der Waals surface area (Å²) in [6, 6.07) is 0. The van der Waals surface area contributed by atoms with Crippen molar-refractivity contribution in [3.8, 4) is 0 Å². The summed E-state index contributed by atoms with van der Waals surface area (Å²) in [5.41, 5.74) is 8.54. The number of piperidine rings is 1. The summed E-state index contributed by atoms with van der Waals surface area (Å²) in [6.07, 6.45) is -4.50. The molecule has 35 heavy (non-hydrogen) atoms. The summed E-state index contributed by atoms with van der Waals surface area (Å²) < 4.78 is 18.1. The zero-order valence-electron chi connectivity index (χ0n) is 18.7. The highest BCUT2D eigenvalue weighted by Crippen LogP contribution is 2.49. The van der Waals surface area contributed by atoms with Crippen molar-refractivity contribution in [2.75, 3.05) is 19.3 Å². The molecule has 2 aromatic rings. The maximum absolute atomic E-state index is 12.6. The highest BCUT2D eigenvalue weighted by molar-refractivity contribution is 6.11. The molecule has 7 N–H and O–H groups in total. The van der Waals surface area contributed by atoms with Crippen molar-refractivity contribution in [3.63, 3.8) is 0 Å². The van der Waals surface area contributed by atoms with Gasteiger partial charge in [0.15, 0.2) is 23.8 Å². The molecule has 0 spiro atoms. The number of likely N-dealkylation sites (tertiary alicyclic amines) is 1. The first kappa shape index (κ1) is 23.2. The Morgan fingerprint density at radius 2 is 2.06 bits per heavy atom. The van der Waals surface area contributed by atoms with E-state index in [9.17, 15) is 24.6 Å². The fraction of sp³-hybridized carbons (Fsp3) is 0.579. The number of nitrogens with one attached hydrogen (secondary N) is 1. The molecular weight excluding hydrogens is 468 g/mol. The van der Waals surface area contributed by atoms with Gasteiger partial charge in [0.1, 0.15) is 35.9 Å². The van der Waals surface area contributed by atoms with E-state index < -0.39 is 59.9 Å². The van der Waals surface area contributed by atoms with E-state index in [1.807, 2.05) is 0 Å². The normalized spacial score (nSPS) is 36.2. The summed E-state index contributed by atoms with van der Waals surface area (Å²) in [7, 11) is 1.47. The van der Waals surface area contributed by atoms with Gasteiger partial charge in [-0.05, 0) is 6.92 Å². The number of likely N-dealkylation sites (N-methyl/N-ethyl adjacent to an activating group) is 1. The molecule has 16 heteroatoms. The molecule has 3 aliphatic heterocycles. The van der Waals surface area contributed by atoms with Crippen LogP contribution < -0.4 is 16.8 Å². The molecule has 7 atom stereocenters. The zero-order valence-corrected chi connectivity index (χ0v) is 18.7. The number of aromatic nitrogens is 4. The second-order valence-electron chi connectivity index (χ2n) is 8.85. The van der Waals surface area contributed by atoms with E-state index in [1.165, 1.54) is 29.2 Å². The van der Waals surface area contributed by atoms with Crippen LogP contribution in [-0.4, -0.2) is 102 Å². The minimum absolute atomic E-state index is 0.0354. The maximum atomic E-state index is 12.6. The lowest BCUT2D eigenvalue weighted by Crippen LogP contribution is -2.61. The summed E-state index contributed by atoms with van der Waals surface area (Å²) in [5.74, 6) is -1.63. The molecule has 2 bridgehead atoms. The zero-order chi connectivity index (χ0) is 25.3. The fourth-order valence-electron chi connectivity index (χ4n) is 4.77. The van der Waals surface area contributed by atoms with E-state index in [-0.39, 0.29) is 24.4 Å². The largest absolute Gasteiger partial charge is 0.442 e. The van der Waals surface area contributed by atoms with Gasteiger partial charge in [0.25, 0.3) is 17.4 Å². The molecule has 3 aliphatic rings. The Kier molecular flexibility index (Phi) is 5.10. The predicted molar refractivity (Wildman–Crippen MR) is 113 cm³/mol. The number of ether oxygens (including phenoxy) is 3. The SMILES string of the molecule is CN1C(=O)[C@]2(C(N)=O)O[C@@]1(C)C[C@@H]2OC(=O)NC[C@H]1O[C@@H](n2cnc3c(N)ncnc32)[C@H](O)[C@@H]1O. The number of fused-ring (bicyclic) bond motifs is 3. The third-order valence-electron chi connectivity index (χ3n) is 6.79. The molecule has 3 fully saturated rings. The molecule has 0 aliphatic carbocycles. The van der Waals surface area contributed by atoms with Crippen molar-refractivity contribution in [2.24, 2.45) is 5.73 Å². The third-order valence-corrected chi connectivity index (χ3v) is 6.79. The van der Waals surface area contributed by atoms with E-state index in [0.717, 1.165) is 0 Å². The van der Waals surface area contributed by atoms with Crippen LogP contribution in [0.5, 0.6) is 0 Å². The van der Waals surface area contributed by atoms with Gasteiger partial charge in [-0.15, -0.1) is 0 Å². The smallest absolute Gasteiger partial charge is 0.407 e. The van der Waals surface area contributed by atoms with Crippen molar-refractivity contribution in [2.45, 2.75) is 55.3 Å². The number of rotatable bonds is 5. The van der Waals surface area contributed by atoms with Gasteiger partial charge in [0.2, 0.25) is 0 Å². The van der Waals surface area contributed by atoms with Crippen molar-refractivity contribution < 1.29 is 38.8 Å². The number of imidazole rings is 1. The molecule has 16 nitrogen and oxygen atoms in total. The predicted octanol–water partition coefficient (Wildman–Crippen LogP) is -3.04. The van der Waals surface area contributed by atoms with E-state index in [1.54, 1.807) is 6.92 Å². The van der Waals surface area contributed by atoms with Crippen molar-refractivity contribution in [3.05, 3.63) is 12.7 Å². The van der Waals surface area contributed by atoms with Crippen molar-refractivity contribution in [1.29, 1.82) is 0 Å². The Balaban J connectivity index is 1.25. The van der Waals surface area contributed by atoms with Crippen LogP contribution >= 0.6 is 0 Å². The van der Waals surface area contributed by atoms with E-state index in [0.29, 0.717) is 5.52 Å². The molecule has 0 radical (unpaired) electrons. The number of alkyl carbamates (subject to hydrolysis) is 1. The third kappa shape index (κ3) is 3.21. The number of hydrogen-bond donors (Lipinski definition) is 5.